The fourth-order valence-electron chi connectivity index (χ4n) is 4.74. The third-order valence-corrected chi connectivity index (χ3v) is 5.72. The molecule has 1 nitrogen and oxygen atoms in total. The Morgan fingerprint density at radius 1 is 1.06 bits per heavy atom. The average molecular weight is 254 g/mol. The molecule has 5 unspecified atom stereocenters. The van der Waals surface area contributed by atoms with Gasteiger partial charge in [-0.05, 0) is 41.9 Å². The fraction of sp³-hybridized carbons (Fsp3) is 1.00. The highest BCUT2D eigenvalue weighted by Crippen LogP contribution is 2.56. The van der Waals surface area contributed by atoms with Gasteiger partial charge >= 0.3 is 0 Å². The number of rotatable bonds is 2. The van der Waals surface area contributed by atoms with E-state index in [1.807, 2.05) is 21.0 Å². The van der Waals surface area contributed by atoms with Crippen molar-refractivity contribution < 1.29 is 4.74 Å². The van der Waals surface area contributed by atoms with Crippen LogP contribution < -0.4 is 0 Å². The van der Waals surface area contributed by atoms with E-state index >= 15 is 0 Å². The van der Waals surface area contributed by atoms with Gasteiger partial charge in [-0.2, -0.15) is 0 Å². The van der Waals surface area contributed by atoms with Gasteiger partial charge in [0.15, 0.2) is 0 Å². The van der Waals surface area contributed by atoms with Crippen molar-refractivity contribution in [3.05, 3.63) is 0 Å². The molecule has 1 heteroatoms. The molecule has 0 heterocycles. The van der Waals surface area contributed by atoms with Crippen LogP contribution in [0.15, 0.2) is 0 Å². The van der Waals surface area contributed by atoms with E-state index in [1.54, 1.807) is 0 Å². The molecule has 2 saturated carbocycles. The summed E-state index contributed by atoms with van der Waals surface area (Å²) < 4.78 is 5.50. The first kappa shape index (κ1) is 16.0. The molecular weight excluding hydrogens is 220 g/mol. The van der Waals surface area contributed by atoms with Crippen molar-refractivity contribution in [3.8, 4) is 0 Å². The van der Waals surface area contributed by atoms with Gasteiger partial charge in [-0.25, -0.2) is 0 Å². The van der Waals surface area contributed by atoms with Crippen LogP contribution in [0.3, 0.4) is 0 Å². The molecule has 0 spiro atoms. The Bertz CT molecular complexity index is 238. The fourth-order valence-corrected chi connectivity index (χ4v) is 4.74. The van der Waals surface area contributed by atoms with E-state index in [0.29, 0.717) is 5.41 Å². The third kappa shape index (κ3) is 2.92. The van der Waals surface area contributed by atoms with Crippen molar-refractivity contribution in [2.24, 2.45) is 29.1 Å². The summed E-state index contributed by atoms with van der Waals surface area (Å²) in [5.41, 5.74) is 0.561. The predicted molar refractivity (Wildman–Crippen MR) is 79.7 cm³/mol. The summed E-state index contributed by atoms with van der Waals surface area (Å²) in [5, 5.41) is 0. The van der Waals surface area contributed by atoms with E-state index in [2.05, 4.69) is 20.8 Å². The van der Waals surface area contributed by atoms with Crippen molar-refractivity contribution >= 4 is 0 Å². The first-order valence-electron chi connectivity index (χ1n) is 8.08. The Morgan fingerprint density at radius 3 is 2.33 bits per heavy atom. The molecule has 108 valence electrons. The molecular formula is C17H34O. The monoisotopic (exact) mass is 254 g/mol. The molecule has 0 bridgehead atoms. The zero-order chi connectivity index (χ0) is 13.8. The highest BCUT2D eigenvalue weighted by molar-refractivity contribution is 4.98. The average Bonchev–Trinajstić information content (AvgIpc) is 2.36. The Kier molecular flexibility index (Phi) is 6.17. The van der Waals surface area contributed by atoms with Crippen molar-refractivity contribution in [2.45, 2.75) is 66.7 Å². The Balaban J connectivity index is 0.000000771. The lowest BCUT2D eigenvalue weighted by Gasteiger charge is -2.55. The van der Waals surface area contributed by atoms with Crippen LogP contribution in [0.4, 0.5) is 0 Å². The summed E-state index contributed by atoms with van der Waals surface area (Å²) in [5.74, 6) is 3.54. The molecule has 0 aromatic heterocycles. The van der Waals surface area contributed by atoms with Crippen LogP contribution in [0.5, 0.6) is 0 Å². The summed E-state index contributed by atoms with van der Waals surface area (Å²) in [4.78, 5) is 0. The molecule has 0 radical (unpaired) electrons. The minimum atomic E-state index is 0.561. The number of hydrogen-bond acceptors (Lipinski definition) is 1. The largest absolute Gasteiger partial charge is 0.384 e. The van der Waals surface area contributed by atoms with E-state index in [4.69, 9.17) is 4.74 Å². The molecule has 18 heavy (non-hydrogen) atoms. The lowest BCUT2D eigenvalue weighted by molar-refractivity contribution is -0.0830. The van der Waals surface area contributed by atoms with Crippen LogP contribution in [0, 0.1) is 29.1 Å². The Labute approximate surface area is 115 Å². The van der Waals surface area contributed by atoms with Crippen LogP contribution >= 0.6 is 0 Å². The molecule has 5 atom stereocenters. The second-order valence-electron chi connectivity index (χ2n) is 6.60. The minimum absolute atomic E-state index is 0.561. The second-order valence-corrected chi connectivity index (χ2v) is 6.60. The highest BCUT2D eigenvalue weighted by atomic mass is 16.5. The van der Waals surface area contributed by atoms with Crippen LogP contribution in [-0.2, 0) is 4.74 Å². The van der Waals surface area contributed by atoms with E-state index in [1.165, 1.54) is 32.1 Å². The smallest absolute Gasteiger partial charge is 0.0498 e. The van der Waals surface area contributed by atoms with Crippen molar-refractivity contribution in [1.82, 2.24) is 0 Å². The van der Waals surface area contributed by atoms with E-state index in [0.717, 1.165) is 30.3 Å². The van der Waals surface area contributed by atoms with Crippen LogP contribution in [0.2, 0.25) is 0 Å². The molecule has 0 aromatic carbocycles. The van der Waals surface area contributed by atoms with Gasteiger partial charge in [0.1, 0.15) is 0 Å². The molecule has 0 aliphatic heterocycles. The Hall–Kier alpha value is -0.0400. The van der Waals surface area contributed by atoms with Gasteiger partial charge in [-0.3, -0.25) is 0 Å². The van der Waals surface area contributed by atoms with Gasteiger partial charge in [0.25, 0.3) is 0 Å². The normalized spacial score (nSPS) is 43.7. The maximum absolute atomic E-state index is 5.50. The number of fused-ring (bicyclic) bond motifs is 1. The topological polar surface area (TPSA) is 9.23 Å². The van der Waals surface area contributed by atoms with Crippen LogP contribution in [0.1, 0.15) is 66.7 Å². The molecule has 0 N–H and O–H groups in total. The van der Waals surface area contributed by atoms with Crippen molar-refractivity contribution in [1.29, 1.82) is 0 Å². The molecule has 0 aromatic rings. The van der Waals surface area contributed by atoms with Gasteiger partial charge in [-0.15, -0.1) is 0 Å². The molecule has 2 fully saturated rings. The second kappa shape index (κ2) is 6.93. The maximum atomic E-state index is 5.50. The maximum Gasteiger partial charge on any atom is 0.0498 e. The predicted octanol–water partition coefficient (Wildman–Crippen LogP) is 5.15. The van der Waals surface area contributed by atoms with Gasteiger partial charge in [-0.1, -0.05) is 53.9 Å². The highest BCUT2D eigenvalue weighted by Gasteiger charge is 2.49. The van der Waals surface area contributed by atoms with Gasteiger partial charge in [0.05, 0.1) is 0 Å². The van der Waals surface area contributed by atoms with E-state index in [-0.39, 0.29) is 0 Å². The summed E-state index contributed by atoms with van der Waals surface area (Å²) in [7, 11) is 1.87. The molecule has 0 saturated heterocycles. The molecule has 2 rings (SSSR count). The van der Waals surface area contributed by atoms with E-state index < -0.39 is 0 Å². The van der Waals surface area contributed by atoms with Gasteiger partial charge in [0.2, 0.25) is 0 Å². The minimum Gasteiger partial charge on any atom is -0.384 e. The summed E-state index contributed by atoms with van der Waals surface area (Å²) >= 11 is 0. The lowest BCUT2D eigenvalue weighted by Crippen LogP contribution is -2.49. The third-order valence-electron chi connectivity index (χ3n) is 5.72. The lowest BCUT2D eigenvalue weighted by atomic mass is 9.50. The summed E-state index contributed by atoms with van der Waals surface area (Å²) in [6.45, 7) is 12.4. The standard InChI is InChI=1S/C15H28O.C2H6/c1-11-6-5-9-15(3)13(11)8-7-12(2)14(15)10-16-4;1-2/h11-14H,5-10H2,1-4H3;1-2H3. The van der Waals surface area contributed by atoms with Crippen molar-refractivity contribution in [2.75, 3.05) is 13.7 Å². The van der Waals surface area contributed by atoms with Crippen LogP contribution in [-0.4, -0.2) is 13.7 Å². The van der Waals surface area contributed by atoms with E-state index in [9.17, 15) is 0 Å². The summed E-state index contributed by atoms with van der Waals surface area (Å²) in [6.07, 6.45) is 7.19. The quantitative estimate of drug-likeness (QED) is 0.662. The molecule has 2 aliphatic rings. The van der Waals surface area contributed by atoms with Crippen LogP contribution in [0.25, 0.3) is 0 Å². The van der Waals surface area contributed by atoms with Gasteiger partial charge in [0, 0.05) is 13.7 Å². The first-order valence-corrected chi connectivity index (χ1v) is 8.08. The number of methoxy groups -OCH3 is 1. The first-order chi connectivity index (χ1) is 8.59. The molecule has 0 amide bonds. The SMILES string of the molecule is CC.COCC1C(C)CCC2C(C)CCCC21C. The number of ether oxygens (including phenoxy) is 1. The number of hydrogen-bond donors (Lipinski definition) is 0. The van der Waals surface area contributed by atoms with Gasteiger partial charge < -0.3 is 4.74 Å². The molecule has 2 aliphatic carbocycles. The Morgan fingerprint density at radius 2 is 1.72 bits per heavy atom. The van der Waals surface area contributed by atoms with Crippen molar-refractivity contribution in [3.63, 3.8) is 0 Å². The summed E-state index contributed by atoms with van der Waals surface area (Å²) in [6, 6.07) is 0. The zero-order valence-corrected chi connectivity index (χ0v) is 13.5. The zero-order valence-electron chi connectivity index (χ0n) is 13.5.